The molecule has 0 unspecified atom stereocenters. The van der Waals surface area contributed by atoms with E-state index in [1.165, 1.54) is 0 Å². The molecule has 4 aliphatic rings. The minimum atomic E-state index is -2.17. The number of rotatable bonds is 12. The molecular weight excluding hydrogens is 690 g/mol. The number of aliphatic hydroxyl groups is 14. The van der Waals surface area contributed by atoms with E-state index in [0.29, 0.717) is 0 Å². The summed E-state index contributed by atoms with van der Waals surface area (Å²) in [5.74, 6) is -0.733. The number of hydrogen-bond donors (Lipinski definition) is 15. The quantitative estimate of drug-likeness (QED) is 0.0884. The van der Waals surface area contributed by atoms with Crippen LogP contribution in [0.4, 0.5) is 0 Å². The fourth-order valence-corrected chi connectivity index (χ4v) is 6.15. The lowest BCUT2D eigenvalue weighted by molar-refractivity contribution is -0.393. The summed E-state index contributed by atoms with van der Waals surface area (Å²) in [6, 6.07) is -1.56. The summed E-state index contributed by atoms with van der Waals surface area (Å²) < 4.78 is 38.7. The summed E-state index contributed by atoms with van der Waals surface area (Å²) in [4.78, 5) is 11.9. The third-order valence-corrected chi connectivity index (χ3v) is 8.93. The molecule has 0 aromatic carbocycles. The summed E-state index contributed by atoms with van der Waals surface area (Å²) in [6.07, 6.45) is -37.0. The third kappa shape index (κ3) is 8.54. The molecule has 1 amide bonds. The van der Waals surface area contributed by atoms with Crippen LogP contribution in [0.2, 0.25) is 0 Å². The van der Waals surface area contributed by atoms with Gasteiger partial charge in [0.15, 0.2) is 25.2 Å². The summed E-state index contributed by atoms with van der Waals surface area (Å²) in [7, 11) is 0. The molecular formula is C27H47NO22. The van der Waals surface area contributed by atoms with Crippen LogP contribution in [0.3, 0.4) is 0 Å². The van der Waals surface area contributed by atoms with Gasteiger partial charge >= 0.3 is 0 Å². The number of amides is 1. The molecule has 21 atom stereocenters. The van der Waals surface area contributed by atoms with Gasteiger partial charge in [0.2, 0.25) is 5.91 Å². The fraction of sp³-hybridized carbons (Fsp3) is 0.963. The summed E-state index contributed by atoms with van der Waals surface area (Å²) in [6.45, 7) is -2.56. The van der Waals surface area contributed by atoms with E-state index in [-0.39, 0.29) is 0 Å². The molecule has 4 saturated heterocycles. The minimum Gasteiger partial charge on any atom is -0.394 e. The van der Waals surface area contributed by atoms with E-state index in [2.05, 4.69) is 5.32 Å². The molecule has 50 heavy (non-hydrogen) atoms. The highest BCUT2D eigenvalue weighted by Crippen LogP contribution is 2.35. The zero-order valence-corrected chi connectivity index (χ0v) is 26.5. The SMILES string of the molecule is CC(=O)N[C@H]1[C@@H](O[C@H]2[C@@H](O[C@H]3O[C@H](CO)[C@@H](O[C@@H]4O[C@H](CO)[C@H](O)[C@H](O)[C@H]4O)[C@H](O)[C@H]3O)[C@H](O)[C@@H]([C@@H](O)CO)O[C@@H]2O)O[C@H](CO)[C@@H](O)[C@@H]1O. The van der Waals surface area contributed by atoms with Gasteiger partial charge in [0, 0.05) is 6.92 Å². The van der Waals surface area contributed by atoms with E-state index in [9.17, 15) is 76.3 Å². The van der Waals surface area contributed by atoms with E-state index in [0.717, 1.165) is 6.92 Å². The average Bonchev–Trinajstić information content (AvgIpc) is 3.09. The Morgan fingerprint density at radius 1 is 0.580 bits per heavy atom. The van der Waals surface area contributed by atoms with Crippen LogP contribution < -0.4 is 5.32 Å². The third-order valence-electron chi connectivity index (χ3n) is 8.93. The van der Waals surface area contributed by atoms with Gasteiger partial charge in [0.05, 0.1) is 26.4 Å². The van der Waals surface area contributed by atoms with Crippen LogP contribution in [0.15, 0.2) is 0 Å². The highest BCUT2D eigenvalue weighted by molar-refractivity contribution is 5.73. The predicted octanol–water partition coefficient (Wildman–Crippen LogP) is -10.2. The molecule has 0 aromatic heterocycles. The molecule has 4 aliphatic heterocycles. The van der Waals surface area contributed by atoms with Gasteiger partial charge in [-0.2, -0.15) is 0 Å². The van der Waals surface area contributed by atoms with Crippen LogP contribution in [-0.4, -0.2) is 233 Å². The van der Waals surface area contributed by atoms with Crippen LogP contribution in [0.5, 0.6) is 0 Å². The maximum absolute atomic E-state index is 11.9. The molecule has 4 heterocycles. The second kappa shape index (κ2) is 17.6. The predicted molar refractivity (Wildman–Crippen MR) is 151 cm³/mol. The lowest BCUT2D eigenvalue weighted by Gasteiger charge is -2.50. The van der Waals surface area contributed by atoms with Crippen LogP contribution in [-0.2, 0) is 38.0 Å². The summed E-state index contributed by atoms with van der Waals surface area (Å²) in [5, 5.41) is 147. The van der Waals surface area contributed by atoms with Crippen molar-refractivity contribution in [3.05, 3.63) is 0 Å². The van der Waals surface area contributed by atoms with Crippen LogP contribution in [0.25, 0.3) is 0 Å². The van der Waals surface area contributed by atoms with E-state index in [1.807, 2.05) is 0 Å². The van der Waals surface area contributed by atoms with Crippen LogP contribution in [0, 0.1) is 0 Å². The Bertz CT molecular complexity index is 1070. The van der Waals surface area contributed by atoms with Crippen molar-refractivity contribution in [3.63, 3.8) is 0 Å². The number of carbonyl (C=O) groups is 1. The van der Waals surface area contributed by atoms with Crippen molar-refractivity contribution in [2.24, 2.45) is 0 Å². The average molecular weight is 738 g/mol. The monoisotopic (exact) mass is 737 g/mol. The molecule has 0 saturated carbocycles. The smallest absolute Gasteiger partial charge is 0.217 e. The zero-order chi connectivity index (χ0) is 37.2. The standard InChI is InChI=1S/C27H47NO22/c1-6(33)28-11-14(37)12(35)8(3-30)44-25(11)50-23-22(19(42)20(7(34)2-29)47-24(23)43)49-27-18(41)16(39)21(10(5-32)46-27)48-26-17(40)15(38)13(36)9(4-31)45-26/h7-27,29-32,34-43H,2-5H2,1H3,(H,28,33)/t7-,8+,9+,10+,11+,12+,13-,14+,15-,16+,17+,18+,19+,20+,21+,22-,23-,24-,25+,26-,27+/m0/s1. The van der Waals surface area contributed by atoms with Crippen molar-refractivity contribution in [3.8, 4) is 0 Å². The molecule has 23 heteroatoms. The molecule has 4 rings (SSSR count). The number of ether oxygens (including phenoxy) is 7. The van der Waals surface area contributed by atoms with E-state index >= 15 is 0 Å². The first kappa shape index (κ1) is 41.4. The topological polar surface area (TPSA) is 377 Å². The lowest BCUT2D eigenvalue weighted by atomic mass is 9.93. The first-order valence-electron chi connectivity index (χ1n) is 15.7. The van der Waals surface area contributed by atoms with Crippen LogP contribution >= 0.6 is 0 Å². The van der Waals surface area contributed by atoms with Gasteiger partial charge in [-0.1, -0.05) is 0 Å². The van der Waals surface area contributed by atoms with Crippen molar-refractivity contribution < 1.29 is 109 Å². The van der Waals surface area contributed by atoms with Gasteiger partial charge in [-0.3, -0.25) is 4.79 Å². The Labute approximate surface area is 283 Å². The Hall–Kier alpha value is -1.37. The number of carbonyl (C=O) groups excluding carboxylic acids is 1. The first-order valence-corrected chi connectivity index (χ1v) is 15.7. The number of nitrogens with one attached hydrogen (secondary N) is 1. The summed E-state index contributed by atoms with van der Waals surface area (Å²) >= 11 is 0. The Morgan fingerprint density at radius 2 is 1.06 bits per heavy atom. The molecule has 4 fully saturated rings. The van der Waals surface area contributed by atoms with E-state index < -0.39 is 161 Å². The maximum atomic E-state index is 11.9. The second-order valence-electron chi connectivity index (χ2n) is 12.4. The highest BCUT2D eigenvalue weighted by atomic mass is 16.8. The fourth-order valence-electron chi connectivity index (χ4n) is 6.15. The highest BCUT2D eigenvalue weighted by Gasteiger charge is 2.56. The van der Waals surface area contributed by atoms with Gasteiger partial charge in [-0.05, 0) is 0 Å². The van der Waals surface area contributed by atoms with Gasteiger partial charge < -0.3 is 110 Å². The van der Waals surface area contributed by atoms with Gasteiger partial charge in [-0.15, -0.1) is 0 Å². The molecule has 15 N–H and O–H groups in total. The van der Waals surface area contributed by atoms with Gasteiger partial charge in [0.1, 0.15) is 104 Å². The number of hydrogen-bond acceptors (Lipinski definition) is 22. The van der Waals surface area contributed by atoms with E-state index in [4.69, 9.17) is 33.2 Å². The Kier molecular flexibility index (Phi) is 14.6. The van der Waals surface area contributed by atoms with Gasteiger partial charge in [0.25, 0.3) is 0 Å². The Balaban J connectivity index is 1.59. The first-order chi connectivity index (χ1) is 23.6. The normalized spacial score (nSPS) is 49.3. The number of aliphatic hydroxyl groups excluding tert-OH is 14. The largest absolute Gasteiger partial charge is 0.394 e. The van der Waals surface area contributed by atoms with Crippen molar-refractivity contribution in [1.82, 2.24) is 5.32 Å². The molecule has 0 bridgehead atoms. The molecule has 0 spiro atoms. The zero-order valence-electron chi connectivity index (χ0n) is 26.5. The van der Waals surface area contributed by atoms with E-state index in [1.54, 1.807) is 0 Å². The molecule has 0 aromatic rings. The second-order valence-corrected chi connectivity index (χ2v) is 12.4. The van der Waals surface area contributed by atoms with Crippen molar-refractivity contribution >= 4 is 5.91 Å². The minimum absolute atomic E-state index is 0.733. The van der Waals surface area contributed by atoms with Crippen molar-refractivity contribution in [2.45, 2.75) is 136 Å². The van der Waals surface area contributed by atoms with Crippen molar-refractivity contribution in [2.75, 3.05) is 26.4 Å². The maximum Gasteiger partial charge on any atom is 0.217 e. The summed E-state index contributed by atoms with van der Waals surface area (Å²) in [5.41, 5.74) is 0. The molecule has 0 radical (unpaired) electrons. The van der Waals surface area contributed by atoms with Gasteiger partial charge in [-0.25, -0.2) is 0 Å². The molecule has 0 aliphatic carbocycles. The lowest BCUT2D eigenvalue weighted by Crippen LogP contribution is -2.69. The van der Waals surface area contributed by atoms with Crippen molar-refractivity contribution in [1.29, 1.82) is 0 Å². The van der Waals surface area contributed by atoms with Crippen LogP contribution in [0.1, 0.15) is 6.92 Å². The Morgan fingerprint density at radius 3 is 1.60 bits per heavy atom. The molecule has 292 valence electrons. The molecule has 23 nitrogen and oxygen atoms in total.